The van der Waals surface area contributed by atoms with Crippen LogP contribution in [0, 0.1) is 0 Å². The van der Waals surface area contributed by atoms with Crippen LogP contribution in [0.3, 0.4) is 0 Å². The summed E-state index contributed by atoms with van der Waals surface area (Å²) in [4.78, 5) is 0. The van der Waals surface area contributed by atoms with Gasteiger partial charge < -0.3 is 25.6 Å². The summed E-state index contributed by atoms with van der Waals surface area (Å²) in [5, 5.41) is 6.82. The molecule has 0 aromatic rings. The molecule has 4 nitrogen and oxygen atoms in total. The number of hydrogen-bond acceptors (Lipinski definition) is 4. The van der Waals surface area contributed by atoms with Crippen molar-refractivity contribution in [2.75, 3.05) is 0 Å². The van der Waals surface area contributed by atoms with Crippen LogP contribution in [-0.4, -0.2) is 10.6 Å². The Bertz CT molecular complexity index is 128. The predicted octanol–water partition coefficient (Wildman–Crippen LogP) is -1.87. The van der Waals surface area contributed by atoms with Crippen molar-refractivity contribution in [2.45, 2.75) is 0 Å². The lowest BCUT2D eigenvalue weighted by molar-refractivity contribution is -1.15. The van der Waals surface area contributed by atoms with Crippen LogP contribution in [0.5, 0.6) is 0 Å². The molecule has 0 spiro atoms. The first-order chi connectivity index (χ1) is 3.30. The van der Waals surface area contributed by atoms with E-state index in [1.807, 2.05) is 0 Å². The zero-order chi connectivity index (χ0) is 5.28. The van der Waals surface area contributed by atoms with Crippen molar-refractivity contribution in [3.63, 3.8) is 0 Å². The van der Waals surface area contributed by atoms with Gasteiger partial charge >= 0.3 is 6.34 Å². The summed E-state index contributed by atoms with van der Waals surface area (Å²) in [5.74, 6) is 0. The third kappa shape index (κ3) is 0.872. The maximum Gasteiger partial charge on any atom is 0.344 e. The van der Waals surface area contributed by atoms with Gasteiger partial charge in [-0.05, 0) is 0 Å². The first kappa shape index (κ1) is 4.95. The molecule has 0 amide bonds. The SMILES string of the molecule is [S-][N+]1=NN=C[NH+]1[S-]. The molecule has 0 radical (unpaired) electrons. The van der Waals surface area contributed by atoms with Gasteiger partial charge in [-0.2, -0.15) is 0 Å². The Kier molecular flexibility index (Phi) is 1.22. The molecule has 0 fully saturated rings. The van der Waals surface area contributed by atoms with Gasteiger partial charge in [-0.15, -0.1) is 4.21 Å². The molecule has 6 heteroatoms. The quantitative estimate of drug-likeness (QED) is 0.311. The number of nitrogens with one attached hydrogen (secondary N) is 1. The van der Waals surface area contributed by atoms with E-state index in [0.29, 0.717) is 4.41 Å². The van der Waals surface area contributed by atoms with Crippen LogP contribution in [0.2, 0.25) is 0 Å². The third-order valence-electron chi connectivity index (χ3n) is 0.490. The zero-order valence-corrected chi connectivity index (χ0v) is 4.87. The van der Waals surface area contributed by atoms with E-state index >= 15 is 0 Å². The second-order valence-electron chi connectivity index (χ2n) is 0.945. The molecule has 0 saturated heterocycles. The van der Waals surface area contributed by atoms with Crippen LogP contribution in [0.1, 0.15) is 0 Å². The maximum absolute atomic E-state index is 4.62. The Balaban J connectivity index is 2.69. The van der Waals surface area contributed by atoms with Gasteiger partial charge in [0, 0.05) is 0 Å². The highest BCUT2D eigenvalue weighted by molar-refractivity contribution is 7.53. The molecule has 1 aliphatic heterocycles. The fourth-order valence-corrected chi connectivity index (χ4v) is 0.389. The fraction of sp³-hybridized carbons (Fsp3) is 0. The highest BCUT2D eigenvalue weighted by Gasteiger charge is 2.01. The average molecular weight is 134 g/mol. The molecule has 1 atom stereocenters. The first-order valence-corrected chi connectivity index (χ1v) is 2.33. The van der Waals surface area contributed by atoms with Crippen molar-refractivity contribution in [2.24, 2.45) is 10.3 Å². The minimum absolute atomic E-state index is 0.481. The van der Waals surface area contributed by atoms with Crippen molar-refractivity contribution in [1.82, 2.24) is 0 Å². The van der Waals surface area contributed by atoms with E-state index in [1.54, 1.807) is 0 Å². The van der Waals surface area contributed by atoms with E-state index in [1.165, 1.54) is 6.34 Å². The molecule has 0 aromatic carbocycles. The molecule has 0 aromatic heterocycles. The molecule has 38 valence electrons. The van der Waals surface area contributed by atoms with Crippen LogP contribution < -0.4 is 4.41 Å². The Morgan fingerprint density at radius 3 is 2.57 bits per heavy atom. The summed E-state index contributed by atoms with van der Waals surface area (Å²) in [6, 6.07) is 0. The molecule has 7 heavy (non-hydrogen) atoms. The second kappa shape index (κ2) is 1.73. The van der Waals surface area contributed by atoms with E-state index in [9.17, 15) is 0 Å². The van der Waals surface area contributed by atoms with Crippen LogP contribution >= 0.6 is 0 Å². The van der Waals surface area contributed by atoms with Crippen molar-refractivity contribution < 1.29 is 8.63 Å². The van der Waals surface area contributed by atoms with Gasteiger partial charge in [-0.25, -0.2) is 4.41 Å². The van der Waals surface area contributed by atoms with E-state index < -0.39 is 0 Å². The van der Waals surface area contributed by atoms with Crippen molar-refractivity contribution in [3.8, 4) is 0 Å². The summed E-state index contributed by atoms with van der Waals surface area (Å²) < 4.78 is 1.60. The summed E-state index contributed by atoms with van der Waals surface area (Å²) >= 11 is 9.15. The lowest BCUT2D eigenvalue weighted by atomic mass is 11.4. The summed E-state index contributed by atoms with van der Waals surface area (Å²) in [6.45, 7) is 0. The smallest absolute Gasteiger partial charge is 0.344 e. The lowest BCUT2D eigenvalue weighted by Crippen LogP contribution is -3.08. The molecular formula is CH2N4S2. The van der Waals surface area contributed by atoms with Gasteiger partial charge in [-0.1, -0.05) is 0 Å². The van der Waals surface area contributed by atoms with E-state index in [-0.39, 0.29) is 0 Å². The van der Waals surface area contributed by atoms with Gasteiger partial charge in [0.1, 0.15) is 5.10 Å². The van der Waals surface area contributed by atoms with Crippen molar-refractivity contribution in [3.05, 3.63) is 0 Å². The normalized spacial score (nSPS) is 28.1. The van der Waals surface area contributed by atoms with Crippen LogP contribution in [0.4, 0.5) is 0 Å². The number of hydrogen-bond donors (Lipinski definition) is 1. The molecular weight excluding hydrogens is 132 g/mol. The predicted molar refractivity (Wildman–Crippen MR) is 26.9 cm³/mol. The number of nitrogens with zero attached hydrogens (tertiary/aromatic N) is 3. The number of rotatable bonds is 0. The lowest BCUT2D eigenvalue weighted by Gasteiger charge is -2.09. The number of quaternary nitrogens is 1. The molecule has 1 rings (SSSR count). The standard InChI is InChI=1S/CH2N4S2/c6-4-1-2-3-5(4)7/h1,4H. The summed E-state index contributed by atoms with van der Waals surface area (Å²) in [5.41, 5.74) is 0. The van der Waals surface area contributed by atoms with Crippen LogP contribution in [0.15, 0.2) is 10.3 Å². The molecule has 0 aliphatic carbocycles. The van der Waals surface area contributed by atoms with E-state index in [2.05, 4.69) is 36.0 Å². The first-order valence-electron chi connectivity index (χ1n) is 1.56. The van der Waals surface area contributed by atoms with Crippen molar-refractivity contribution >= 4 is 32.0 Å². The molecule has 0 bridgehead atoms. The molecule has 1 aliphatic rings. The Hall–Kier alpha value is -0.200. The highest BCUT2D eigenvalue weighted by Crippen LogP contribution is 1.69. The monoisotopic (exact) mass is 134 g/mol. The minimum Gasteiger partial charge on any atom is -0.466 e. The Labute approximate surface area is 51.6 Å². The molecule has 1 N–H and O–H groups in total. The Morgan fingerprint density at radius 2 is 2.43 bits per heavy atom. The highest BCUT2D eigenvalue weighted by atomic mass is 32.1. The zero-order valence-electron chi connectivity index (χ0n) is 3.24. The average Bonchev–Trinajstić information content (AvgIpc) is 1.91. The topological polar surface area (TPSA) is 32.2 Å². The molecule has 0 saturated carbocycles. The summed E-state index contributed by atoms with van der Waals surface area (Å²) in [7, 11) is 0. The van der Waals surface area contributed by atoms with Gasteiger partial charge in [-0.3, -0.25) is 0 Å². The van der Waals surface area contributed by atoms with E-state index in [0.717, 1.165) is 4.21 Å². The second-order valence-corrected chi connectivity index (χ2v) is 1.71. The van der Waals surface area contributed by atoms with Gasteiger partial charge in [0.15, 0.2) is 5.22 Å². The largest absolute Gasteiger partial charge is 0.466 e. The van der Waals surface area contributed by atoms with Gasteiger partial charge in [0.05, 0.1) is 0 Å². The summed E-state index contributed by atoms with van der Waals surface area (Å²) in [6.07, 6.45) is 1.43. The third-order valence-corrected chi connectivity index (χ3v) is 1.15. The molecule has 1 heterocycles. The molecule has 1 unspecified atom stereocenters. The fourth-order valence-electron chi connectivity index (χ4n) is 0.216. The van der Waals surface area contributed by atoms with E-state index in [4.69, 9.17) is 0 Å². The van der Waals surface area contributed by atoms with Gasteiger partial charge in [0.25, 0.3) is 0 Å². The van der Waals surface area contributed by atoms with Crippen LogP contribution in [0.25, 0.3) is 0 Å². The van der Waals surface area contributed by atoms with Crippen LogP contribution in [-0.2, 0) is 25.6 Å². The Morgan fingerprint density at radius 1 is 1.71 bits per heavy atom. The minimum atomic E-state index is 0.481. The van der Waals surface area contributed by atoms with Crippen molar-refractivity contribution in [1.29, 1.82) is 0 Å². The maximum atomic E-state index is 4.62. The van der Waals surface area contributed by atoms with Gasteiger partial charge in [0.2, 0.25) is 0 Å².